The quantitative estimate of drug-likeness (QED) is 0.493. The van der Waals surface area contributed by atoms with Gasteiger partial charge in [0.2, 0.25) is 0 Å². The lowest BCUT2D eigenvalue weighted by atomic mass is 9.94. The third kappa shape index (κ3) is 4.58. The van der Waals surface area contributed by atoms with Crippen LogP contribution < -0.4 is 20.2 Å². The Labute approximate surface area is 174 Å². The molecule has 0 saturated carbocycles. The van der Waals surface area contributed by atoms with E-state index in [0.29, 0.717) is 31.1 Å². The molecule has 2 N–H and O–H groups in total. The minimum atomic E-state index is -1.03. The average Bonchev–Trinajstić information content (AvgIpc) is 2.91. The molecule has 29 heavy (non-hydrogen) atoms. The molecule has 1 atom stereocenters. The van der Waals surface area contributed by atoms with Crippen molar-refractivity contribution in [2.75, 3.05) is 13.2 Å². The van der Waals surface area contributed by atoms with Crippen LogP contribution in [-0.2, 0) is 4.79 Å². The highest BCUT2D eigenvalue weighted by atomic mass is 35.5. The second-order valence-electron chi connectivity index (χ2n) is 7.49. The van der Waals surface area contributed by atoms with Crippen molar-refractivity contribution in [2.24, 2.45) is 0 Å². The number of imide groups is 1. The van der Waals surface area contributed by atoms with Crippen molar-refractivity contribution in [3.8, 4) is 11.5 Å². The van der Waals surface area contributed by atoms with Gasteiger partial charge in [0.15, 0.2) is 11.5 Å². The molecule has 4 amide bonds. The van der Waals surface area contributed by atoms with Gasteiger partial charge >= 0.3 is 6.03 Å². The monoisotopic (exact) mass is 423 g/mol. The first-order chi connectivity index (χ1) is 13.9. The number of rotatable bonds is 8. The molecule has 0 aliphatic carbocycles. The smallest absolute Gasteiger partial charge is 0.344 e. The SMILES string of the molecule is CCCCCCCC1(C)NC(=O)N(NC(=O)c2cc(Cl)c3c(c2)OCCO3)C1=O. The van der Waals surface area contributed by atoms with Crippen LogP contribution in [0.5, 0.6) is 11.5 Å². The molecule has 1 aromatic rings. The van der Waals surface area contributed by atoms with E-state index in [1.807, 2.05) is 0 Å². The summed E-state index contributed by atoms with van der Waals surface area (Å²) in [6.45, 7) is 4.54. The van der Waals surface area contributed by atoms with Gasteiger partial charge in [-0.2, -0.15) is 5.01 Å². The number of hydrogen-bond acceptors (Lipinski definition) is 5. The number of hydrogen-bond donors (Lipinski definition) is 2. The molecule has 3 rings (SSSR count). The van der Waals surface area contributed by atoms with E-state index in [2.05, 4.69) is 17.7 Å². The van der Waals surface area contributed by atoms with Crippen molar-refractivity contribution in [3.05, 3.63) is 22.7 Å². The molecule has 0 radical (unpaired) electrons. The molecular formula is C20H26ClN3O5. The molecule has 8 nitrogen and oxygen atoms in total. The van der Waals surface area contributed by atoms with Gasteiger partial charge in [0, 0.05) is 5.56 Å². The van der Waals surface area contributed by atoms with Crippen molar-refractivity contribution >= 4 is 29.4 Å². The summed E-state index contributed by atoms with van der Waals surface area (Å²) in [5, 5.41) is 3.65. The van der Waals surface area contributed by atoms with Crippen LogP contribution in [0.3, 0.4) is 0 Å². The summed E-state index contributed by atoms with van der Waals surface area (Å²) < 4.78 is 10.9. The van der Waals surface area contributed by atoms with Crippen molar-refractivity contribution in [2.45, 2.75) is 57.9 Å². The molecule has 1 aromatic carbocycles. The largest absolute Gasteiger partial charge is 0.486 e. The van der Waals surface area contributed by atoms with Crippen molar-refractivity contribution < 1.29 is 23.9 Å². The zero-order chi connectivity index (χ0) is 21.0. The number of fused-ring (bicyclic) bond motifs is 1. The summed E-state index contributed by atoms with van der Waals surface area (Å²) in [5.74, 6) is -0.391. The Bertz CT molecular complexity index is 816. The first-order valence-electron chi connectivity index (χ1n) is 9.92. The second-order valence-corrected chi connectivity index (χ2v) is 7.90. The number of benzene rings is 1. The number of nitrogens with one attached hydrogen (secondary N) is 2. The average molecular weight is 424 g/mol. The predicted molar refractivity (Wildman–Crippen MR) is 107 cm³/mol. The van der Waals surface area contributed by atoms with Crippen molar-refractivity contribution in [1.29, 1.82) is 0 Å². The molecular weight excluding hydrogens is 398 g/mol. The van der Waals surface area contributed by atoms with E-state index in [1.165, 1.54) is 12.1 Å². The van der Waals surface area contributed by atoms with Gasteiger partial charge in [-0.1, -0.05) is 50.6 Å². The fraction of sp³-hybridized carbons (Fsp3) is 0.550. The van der Waals surface area contributed by atoms with Crippen LogP contribution in [-0.4, -0.2) is 41.6 Å². The van der Waals surface area contributed by atoms with Crippen LogP contribution in [0.2, 0.25) is 5.02 Å². The standard InChI is InChI=1S/C20H26ClN3O5/c1-3-4-5-6-7-8-20(2)18(26)24(19(27)22-20)23-17(25)13-11-14(21)16-15(12-13)28-9-10-29-16/h11-12H,3-10H2,1-2H3,(H,22,27)(H,23,25). The van der Waals surface area contributed by atoms with Gasteiger partial charge < -0.3 is 14.8 Å². The van der Waals surface area contributed by atoms with Crippen molar-refractivity contribution in [1.82, 2.24) is 15.8 Å². The number of hydrazine groups is 1. The van der Waals surface area contributed by atoms with Gasteiger partial charge in [0.1, 0.15) is 18.8 Å². The molecule has 2 heterocycles. The van der Waals surface area contributed by atoms with Crippen LogP contribution >= 0.6 is 11.6 Å². The molecule has 1 unspecified atom stereocenters. The summed E-state index contributed by atoms with van der Waals surface area (Å²) in [6, 6.07) is 2.24. The van der Waals surface area contributed by atoms with Crippen LogP contribution in [0.1, 0.15) is 62.7 Å². The molecule has 2 aliphatic rings. The molecule has 2 aliphatic heterocycles. The van der Waals surface area contributed by atoms with Gasteiger partial charge in [-0.15, -0.1) is 0 Å². The molecule has 0 spiro atoms. The minimum absolute atomic E-state index is 0.160. The van der Waals surface area contributed by atoms with Crippen LogP contribution in [0.4, 0.5) is 4.79 Å². The van der Waals surface area contributed by atoms with Crippen LogP contribution in [0, 0.1) is 0 Å². The number of amides is 4. The number of nitrogens with zero attached hydrogens (tertiary/aromatic N) is 1. The first kappa shape index (κ1) is 21.2. The first-order valence-corrected chi connectivity index (χ1v) is 10.3. The lowest BCUT2D eigenvalue weighted by Crippen LogP contribution is -2.48. The van der Waals surface area contributed by atoms with Gasteiger partial charge in [-0.3, -0.25) is 15.0 Å². The predicted octanol–water partition coefficient (Wildman–Crippen LogP) is 3.43. The normalized spacial score (nSPS) is 20.6. The highest BCUT2D eigenvalue weighted by Gasteiger charge is 2.48. The van der Waals surface area contributed by atoms with E-state index >= 15 is 0 Å². The van der Waals surface area contributed by atoms with Crippen LogP contribution in [0.15, 0.2) is 12.1 Å². The molecule has 1 fully saturated rings. The van der Waals surface area contributed by atoms with E-state index < -0.39 is 23.4 Å². The number of carbonyl (C=O) groups is 3. The number of unbranched alkanes of at least 4 members (excludes halogenated alkanes) is 4. The fourth-order valence-corrected chi connectivity index (χ4v) is 3.71. The zero-order valence-corrected chi connectivity index (χ0v) is 17.4. The van der Waals surface area contributed by atoms with Gasteiger partial charge in [-0.05, 0) is 25.5 Å². The van der Waals surface area contributed by atoms with Crippen LogP contribution in [0.25, 0.3) is 0 Å². The fourth-order valence-electron chi connectivity index (χ4n) is 3.45. The Morgan fingerprint density at radius 3 is 2.69 bits per heavy atom. The lowest BCUT2D eigenvalue weighted by Gasteiger charge is -2.22. The summed E-state index contributed by atoms with van der Waals surface area (Å²) in [4.78, 5) is 37.7. The maximum Gasteiger partial charge on any atom is 0.344 e. The number of halogens is 1. The summed E-state index contributed by atoms with van der Waals surface area (Å²) in [5.41, 5.74) is 1.51. The Balaban J connectivity index is 1.65. The Hall–Kier alpha value is -2.48. The van der Waals surface area contributed by atoms with Gasteiger partial charge in [0.25, 0.3) is 11.8 Å². The van der Waals surface area contributed by atoms with Gasteiger partial charge in [0.05, 0.1) is 5.02 Å². The summed E-state index contributed by atoms with van der Waals surface area (Å²) in [6.07, 6.45) is 5.72. The lowest BCUT2D eigenvalue weighted by molar-refractivity contribution is -0.132. The zero-order valence-electron chi connectivity index (χ0n) is 16.7. The summed E-state index contributed by atoms with van der Waals surface area (Å²) >= 11 is 6.16. The van der Waals surface area contributed by atoms with E-state index in [1.54, 1.807) is 6.92 Å². The van der Waals surface area contributed by atoms with E-state index in [0.717, 1.165) is 37.1 Å². The number of urea groups is 1. The summed E-state index contributed by atoms with van der Waals surface area (Å²) in [7, 11) is 0. The Morgan fingerprint density at radius 1 is 1.21 bits per heavy atom. The molecule has 158 valence electrons. The van der Waals surface area contributed by atoms with E-state index in [9.17, 15) is 14.4 Å². The Kier molecular flexibility index (Phi) is 6.52. The van der Waals surface area contributed by atoms with E-state index in [4.69, 9.17) is 21.1 Å². The minimum Gasteiger partial charge on any atom is -0.486 e. The van der Waals surface area contributed by atoms with Crippen molar-refractivity contribution in [3.63, 3.8) is 0 Å². The Morgan fingerprint density at radius 2 is 1.93 bits per heavy atom. The number of ether oxygens (including phenoxy) is 2. The molecule has 0 aromatic heterocycles. The number of carbonyl (C=O) groups excluding carboxylic acids is 3. The second kappa shape index (κ2) is 8.90. The maximum absolute atomic E-state index is 12.8. The highest BCUT2D eigenvalue weighted by Crippen LogP contribution is 2.38. The van der Waals surface area contributed by atoms with E-state index in [-0.39, 0.29) is 10.6 Å². The maximum atomic E-state index is 12.8. The topological polar surface area (TPSA) is 97.0 Å². The molecule has 1 saturated heterocycles. The highest BCUT2D eigenvalue weighted by molar-refractivity contribution is 6.32. The molecule has 0 bridgehead atoms. The molecule has 9 heteroatoms. The third-order valence-electron chi connectivity index (χ3n) is 5.11. The third-order valence-corrected chi connectivity index (χ3v) is 5.39. The van der Waals surface area contributed by atoms with Gasteiger partial charge in [-0.25, -0.2) is 4.79 Å².